The second kappa shape index (κ2) is 7.00. The zero-order chi connectivity index (χ0) is 18.7. The summed E-state index contributed by atoms with van der Waals surface area (Å²) in [5.41, 5.74) is 1.59. The SMILES string of the molecule is CC(C)(C)c1cc(NC(=O)Nc2ccccc2F)n(-c2ccccc2)n1. The first-order valence-electron chi connectivity index (χ1n) is 8.33. The molecule has 0 atom stereocenters. The minimum Gasteiger partial charge on any atom is -0.305 e. The Morgan fingerprint density at radius 3 is 2.31 bits per heavy atom. The van der Waals surface area contributed by atoms with Gasteiger partial charge in [-0.1, -0.05) is 51.1 Å². The van der Waals surface area contributed by atoms with Crippen LogP contribution in [0, 0.1) is 5.82 Å². The minimum atomic E-state index is -0.535. The molecule has 0 radical (unpaired) electrons. The lowest BCUT2D eigenvalue weighted by Crippen LogP contribution is -2.21. The molecular formula is C20H21FN4O. The molecule has 0 fully saturated rings. The van der Waals surface area contributed by atoms with Crippen molar-refractivity contribution in [1.82, 2.24) is 9.78 Å². The van der Waals surface area contributed by atoms with Crippen molar-refractivity contribution in [3.05, 3.63) is 72.2 Å². The van der Waals surface area contributed by atoms with Gasteiger partial charge in [-0.15, -0.1) is 0 Å². The molecule has 6 heteroatoms. The Hall–Kier alpha value is -3.15. The van der Waals surface area contributed by atoms with Gasteiger partial charge in [-0.2, -0.15) is 5.10 Å². The third kappa shape index (κ3) is 3.91. The highest BCUT2D eigenvalue weighted by Crippen LogP contribution is 2.26. The molecule has 1 heterocycles. The van der Waals surface area contributed by atoms with E-state index in [1.807, 2.05) is 57.2 Å². The number of amides is 2. The van der Waals surface area contributed by atoms with Crippen LogP contribution >= 0.6 is 0 Å². The van der Waals surface area contributed by atoms with E-state index in [0.717, 1.165) is 11.4 Å². The van der Waals surface area contributed by atoms with Gasteiger partial charge in [0.1, 0.15) is 11.6 Å². The van der Waals surface area contributed by atoms with E-state index >= 15 is 0 Å². The normalized spacial score (nSPS) is 11.2. The third-order valence-electron chi connectivity index (χ3n) is 3.84. The second-order valence-electron chi connectivity index (χ2n) is 6.97. The summed E-state index contributed by atoms with van der Waals surface area (Å²) in [5, 5.41) is 9.91. The Morgan fingerprint density at radius 1 is 1.00 bits per heavy atom. The molecule has 134 valence electrons. The lowest BCUT2D eigenvalue weighted by Gasteiger charge is -2.14. The Labute approximate surface area is 151 Å². The van der Waals surface area contributed by atoms with Gasteiger partial charge in [0.05, 0.1) is 17.1 Å². The van der Waals surface area contributed by atoms with Crippen LogP contribution in [0.25, 0.3) is 5.69 Å². The Morgan fingerprint density at radius 2 is 1.65 bits per heavy atom. The second-order valence-corrected chi connectivity index (χ2v) is 6.97. The van der Waals surface area contributed by atoms with E-state index in [-0.39, 0.29) is 11.1 Å². The van der Waals surface area contributed by atoms with Crippen molar-refractivity contribution in [1.29, 1.82) is 0 Å². The third-order valence-corrected chi connectivity index (χ3v) is 3.84. The van der Waals surface area contributed by atoms with Crippen molar-refractivity contribution in [2.24, 2.45) is 0 Å². The van der Waals surface area contributed by atoms with Crippen molar-refractivity contribution in [2.75, 3.05) is 10.6 Å². The summed E-state index contributed by atoms with van der Waals surface area (Å²) in [5.74, 6) is 0.0181. The van der Waals surface area contributed by atoms with Crippen LogP contribution in [0.5, 0.6) is 0 Å². The molecule has 0 saturated heterocycles. The highest BCUT2D eigenvalue weighted by Gasteiger charge is 2.21. The molecule has 2 aromatic carbocycles. The number of nitrogens with zero attached hydrogens (tertiary/aromatic N) is 2. The van der Waals surface area contributed by atoms with Crippen LogP contribution in [0.4, 0.5) is 20.7 Å². The van der Waals surface area contributed by atoms with E-state index < -0.39 is 11.8 Å². The molecule has 2 amide bonds. The van der Waals surface area contributed by atoms with Crippen LogP contribution in [-0.2, 0) is 5.41 Å². The number of para-hydroxylation sites is 2. The van der Waals surface area contributed by atoms with Gasteiger partial charge in [-0.3, -0.25) is 5.32 Å². The number of anilines is 2. The van der Waals surface area contributed by atoms with Gasteiger partial charge in [-0.25, -0.2) is 13.9 Å². The van der Waals surface area contributed by atoms with Crippen molar-refractivity contribution >= 4 is 17.5 Å². The Balaban J connectivity index is 1.90. The van der Waals surface area contributed by atoms with Gasteiger partial charge >= 0.3 is 6.03 Å². The summed E-state index contributed by atoms with van der Waals surface area (Å²) < 4.78 is 15.4. The van der Waals surface area contributed by atoms with E-state index in [1.54, 1.807) is 16.8 Å². The van der Waals surface area contributed by atoms with Crippen LogP contribution in [0.3, 0.4) is 0 Å². The van der Waals surface area contributed by atoms with Gasteiger partial charge in [-0.05, 0) is 24.3 Å². The molecule has 1 aromatic heterocycles. The van der Waals surface area contributed by atoms with Gasteiger partial charge in [0, 0.05) is 11.5 Å². The van der Waals surface area contributed by atoms with Crippen molar-refractivity contribution in [3.63, 3.8) is 0 Å². The highest BCUT2D eigenvalue weighted by atomic mass is 19.1. The fraction of sp³-hybridized carbons (Fsp3) is 0.200. The van der Waals surface area contributed by atoms with Gasteiger partial charge < -0.3 is 5.32 Å². The summed E-state index contributed by atoms with van der Waals surface area (Å²) in [4.78, 5) is 12.3. The molecule has 3 rings (SSSR count). The Kier molecular flexibility index (Phi) is 4.75. The predicted molar refractivity (Wildman–Crippen MR) is 101 cm³/mol. The number of urea groups is 1. The number of benzene rings is 2. The van der Waals surface area contributed by atoms with E-state index in [4.69, 9.17) is 0 Å². The molecule has 0 saturated carbocycles. The first-order valence-corrected chi connectivity index (χ1v) is 8.33. The molecule has 0 aliphatic rings. The number of hydrogen-bond donors (Lipinski definition) is 2. The average Bonchev–Trinajstić information content (AvgIpc) is 3.02. The molecule has 0 aliphatic carbocycles. The predicted octanol–water partition coefficient (Wildman–Crippen LogP) is 4.95. The quantitative estimate of drug-likeness (QED) is 0.700. The number of carbonyl (C=O) groups excluding carboxylic acids is 1. The van der Waals surface area contributed by atoms with Gasteiger partial charge in [0.15, 0.2) is 0 Å². The smallest absolute Gasteiger partial charge is 0.305 e. The van der Waals surface area contributed by atoms with Crippen LogP contribution < -0.4 is 10.6 Å². The molecule has 3 aromatic rings. The maximum absolute atomic E-state index is 13.7. The molecule has 5 nitrogen and oxygen atoms in total. The molecule has 0 bridgehead atoms. The maximum atomic E-state index is 13.7. The van der Waals surface area contributed by atoms with E-state index in [9.17, 15) is 9.18 Å². The molecule has 26 heavy (non-hydrogen) atoms. The largest absolute Gasteiger partial charge is 0.324 e. The first kappa shape index (κ1) is 17.7. The molecule has 2 N–H and O–H groups in total. The number of carbonyl (C=O) groups is 1. The number of hydrogen-bond acceptors (Lipinski definition) is 2. The molecule has 0 aliphatic heterocycles. The van der Waals surface area contributed by atoms with Crippen LogP contribution in [-0.4, -0.2) is 15.8 Å². The van der Waals surface area contributed by atoms with Crippen molar-refractivity contribution < 1.29 is 9.18 Å². The fourth-order valence-electron chi connectivity index (χ4n) is 2.44. The van der Waals surface area contributed by atoms with E-state index in [1.165, 1.54) is 12.1 Å². The zero-order valence-corrected chi connectivity index (χ0v) is 15.0. The van der Waals surface area contributed by atoms with Gasteiger partial charge in [0.2, 0.25) is 0 Å². The molecular weight excluding hydrogens is 331 g/mol. The zero-order valence-electron chi connectivity index (χ0n) is 15.0. The number of rotatable bonds is 3. The van der Waals surface area contributed by atoms with Crippen LogP contribution in [0.1, 0.15) is 26.5 Å². The number of halogens is 1. The van der Waals surface area contributed by atoms with Crippen molar-refractivity contribution in [3.8, 4) is 5.69 Å². The summed E-state index contributed by atoms with van der Waals surface area (Å²) in [6.45, 7) is 6.15. The van der Waals surface area contributed by atoms with E-state index in [0.29, 0.717) is 5.82 Å². The van der Waals surface area contributed by atoms with Gasteiger partial charge in [0.25, 0.3) is 0 Å². The topological polar surface area (TPSA) is 59.0 Å². The first-order chi connectivity index (χ1) is 12.3. The standard InChI is InChI=1S/C20H21FN4O/c1-20(2,3)17-13-18(25(24-17)14-9-5-4-6-10-14)23-19(26)22-16-12-8-7-11-15(16)21/h4-13H,1-3H3,(H2,22,23,26). The highest BCUT2D eigenvalue weighted by molar-refractivity contribution is 5.99. The summed E-state index contributed by atoms with van der Waals surface area (Å²) in [6.07, 6.45) is 0. The summed E-state index contributed by atoms with van der Waals surface area (Å²) in [7, 11) is 0. The number of nitrogens with one attached hydrogen (secondary N) is 2. The number of aromatic nitrogens is 2. The van der Waals surface area contributed by atoms with Crippen molar-refractivity contribution in [2.45, 2.75) is 26.2 Å². The molecule has 0 unspecified atom stereocenters. The average molecular weight is 352 g/mol. The lowest BCUT2D eigenvalue weighted by atomic mass is 9.92. The van der Waals surface area contributed by atoms with Crippen LogP contribution in [0.2, 0.25) is 0 Å². The lowest BCUT2D eigenvalue weighted by molar-refractivity contribution is 0.262. The van der Waals surface area contributed by atoms with E-state index in [2.05, 4.69) is 15.7 Å². The summed E-state index contributed by atoms with van der Waals surface area (Å²) >= 11 is 0. The fourth-order valence-corrected chi connectivity index (χ4v) is 2.44. The monoisotopic (exact) mass is 352 g/mol. The van der Waals surface area contributed by atoms with Crippen LogP contribution in [0.15, 0.2) is 60.7 Å². The maximum Gasteiger partial charge on any atom is 0.324 e. The minimum absolute atomic E-state index is 0.117. The Bertz CT molecular complexity index is 913. The molecule has 0 spiro atoms. The summed E-state index contributed by atoms with van der Waals surface area (Å²) in [6, 6.07) is 16.8.